The number of halogens is 1. The number of aromatic hydroxyl groups is 1. The number of hydrogen-bond donors (Lipinski definition) is 2. The smallest absolute Gasteiger partial charge is 0.262 e. The Hall–Kier alpha value is -3.13. The first-order chi connectivity index (χ1) is 10.6. The van der Waals surface area contributed by atoms with Crippen molar-refractivity contribution >= 4 is 12.0 Å². The highest BCUT2D eigenvalue weighted by atomic mass is 19.1. The Labute approximate surface area is 127 Å². The molecule has 1 amide bonds. The van der Waals surface area contributed by atoms with Gasteiger partial charge >= 0.3 is 0 Å². The third kappa shape index (κ3) is 3.93. The minimum Gasteiger partial charge on any atom is -0.508 e. The number of nitrogens with one attached hydrogen (secondary N) is 1. The molecule has 0 aliphatic carbocycles. The second kappa shape index (κ2) is 7.04. The Morgan fingerprint density at radius 3 is 2.73 bits per heavy atom. The van der Waals surface area contributed by atoms with Crippen LogP contribution in [0.2, 0.25) is 0 Å². The molecular weight excluding hydrogens is 283 g/mol. The summed E-state index contributed by atoms with van der Waals surface area (Å²) in [4.78, 5) is 12.0. The molecule has 0 saturated carbocycles. The SMILES string of the molecule is N#C/C(=C\c1cccc(O)c1)C(=O)NCc1ccccc1F. The van der Waals surface area contributed by atoms with Gasteiger partial charge in [-0.25, -0.2) is 4.39 Å². The van der Waals surface area contributed by atoms with E-state index in [4.69, 9.17) is 5.26 Å². The predicted octanol–water partition coefficient (Wildman–Crippen LogP) is 2.75. The van der Waals surface area contributed by atoms with Gasteiger partial charge in [0.05, 0.1) is 0 Å². The lowest BCUT2D eigenvalue weighted by molar-refractivity contribution is -0.117. The number of nitriles is 1. The van der Waals surface area contributed by atoms with E-state index in [2.05, 4.69) is 5.32 Å². The van der Waals surface area contributed by atoms with Crippen LogP contribution in [-0.2, 0) is 11.3 Å². The zero-order valence-electron chi connectivity index (χ0n) is 11.6. The molecule has 2 N–H and O–H groups in total. The molecule has 0 heterocycles. The molecule has 4 nitrogen and oxygen atoms in total. The molecule has 0 radical (unpaired) electrons. The minimum absolute atomic E-state index is 0.00936. The van der Waals surface area contributed by atoms with Crippen LogP contribution in [0.15, 0.2) is 54.1 Å². The first-order valence-corrected chi connectivity index (χ1v) is 6.52. The fourth-order valence-corrected chi connectivity index (χ4v) is 1.84. The third-order valence-electron chi connectivity index (χ3n) is 2.94. The van der Waals surface area contributed by atoms with Crippen molar-refractivity contribution in [3.05, 3.63) is 71.0 Å². The maximum Gasteiger partial charge on any atom is 0.262 e. The molecule has 22 heavy (non-hydrogen) atoms. The normalized spacial score (nSPS) is 10.8. The van der Waals surface area contributed by atoms with Gasteiger partial charge in [0.1, 0.15) is 23.2 Å². The Balaban J connectivity index is 2.10. The third-order valence-corrected chi connectivity index (χ3v) is 2.94. The summed E-state index contributed by atoms with van der Waals surface area (Å²) in [6.07, 6.45) is 1.36. The van der Waals surface area contributed by atoms with Crippen LogP contribution in [0.25, 0.3) is 6.08 Å². The molecule has 2 rings (SSSR count). The van der Waals surface area contributed by atoms with E-state index >= 15 is 0 Å². The molecule has 110 valence electrons. The maximum atomic E-state index is 13.5. The van der Waals surface area contributed by atoms with Crippen LogP contribution >= 0.6 is 0 Å². The molecule has 0 fully saturated rings. The highest BCUT2D eigenvalue weighted by Crippen LogP contribution is 2.14. The molecular formula is C17H13FN2O2. The largest absolute Gasteiger partial charge is 0.508 e. The summed E-state index contributed by atoms with van der Waals surface area (Å²) in [5.74, 6) is -0.981. The van der Waals surface area contributed by atoms with E-state index in [9.17, 15) is 14.3 Å². The molecule has 0 bridgehead atoms. The van der Waals surface area contributed by atoms with Crippen molar-refractivity contribution in [2.45, 2.75) is 6.54 Å². The van der Waals surface area contributed by atoms with E-state index in [1.807, 2.05) is 0 Å². The van der Waals surface area contributed by atoms with Gasteiger partial charge < -0.3 is 10.4 Å². The standard InChI is InChI=1S/C17H13FN2O2/c18-16-7-2-1-5-13(16)11-20-17(22)14(10-19)8-12-4-3-6-15(21)9-12/h1-9,21H,11H2,(H,20,22)/b14-8+. The van der Waals surface area contributed by atoms with Crippen molar-refractivity contribution in [1.82, 2.24) is 5.32 Å². The van der Waals surface area contributed by atoms with Gasteiger partial charge in [0.2, 0.25) is 0 Å². The van der Waals surface area contributed by atoms with E-state index in [1.165, 1.54) is 24.3 Å². The maximum absolute atomic E-state index is 13.5. The Morgan fingerprint density at radius 2 is 2.05 bits per heavy atom. The molecule has 0 unspecified atom stereocenters. The Kier molecular flexibility index (Phi) is 4.89. The number of amides is 1. The van der Waals surface area contributed by atoms with Crippen molar-refractivity contribution in [3.63, 3.8) is 0 Å². The van der Waals surface area contributed by atoms with Crippen molar-refractivity contribution in [2.24, 2.45) is 0 Å². The predicted molar refractivity (Wildman–Crippen MR) is 79.9 cm³/mol. The molecule has 5 heteroatoms. The number of phenolic OH excluding ortho intramolecular Hbond substituents is 1. The lowest BCUT2D eigenvalue weighted by Gasteiger charge is -2.05. The number of benzene rings is 2. The van der Waals surface area contributed by atoms with Crippen LogP contribution in [0.5, 0.6) is 5.75 Å². The summed E-state index contributed by atoms with van der Waals surface area (Å²) >= 11 is 0. The molecule has 0 aliphatic rings. The molecule has 2 aromatic rings. The van der Waals surface area contributed by atoms with E-state index in [0.717, 1.165) is 0 Å². The zero-order valence-corrected chi connectivity index (χ0v) is 11.6. The second-order valence-electron chi connectivity index (χ2n) is 4.54. The molecule has 0 atom stereocenters. The number of carbonyl (C=O) groups is 1. The number of hydrogen-bond acceptors (Lipinski definition) is 3. The van der Waals surface area contributed by atoms with Gasteiger partial charge in [-0.15, -0.1) is 0 Å². The van der Waals surface area contributed by atoms with Crippen LogP contribution < -0.4 is 5.32 Å². The van der Waals surface area contributed by atoms with Gasteiger partial charge in [-0.3, -0.25) is 4.79 Å². The van der Waals surface area contributed by atoms with Crippen molar-refractivity contribution < 1.29 is 14.3 Å². The highest BCUT2D eigenvalue weighted by molar-refractivity contribution is 6.01. The Bertz CT molecular complexity index is 763. The van der Waals surface area contributed by atoms with Crippen LogP contribution in [0.4, 0.5) is 4.39 Å². The number of phenols is 1. The molecule has 0 spiro atoms. The minimum atomic E-state index is -0.603. The lowest BCUT2D eigenvalue weighted by Crippen LogP contribution is -2.24. The van der Waals surface area contributed by atoms with E-state index in [0.29, 0.717) is 11.1 Å². The lowest BCUT2D eigenvalue weighted by atomic mass is 10.1. The molecule has 2 aromatic carbocycles. The fourth-order valence-electron chi connectivity index (χ4n) is 1.84. The van der Waals surface area contributed by atoms with E-state index in [-0.39, 0.29) is 17.9 Å². The number of carbonyl (C=O) groups excluding carboxylic acids is 1. The second-order valence-corrected chi connectivity index (χ2v) is 4.54. The van der Waals surface area contributed by atoms with Gasteiger partial charge in [0.25, 0.3) is 5.91 Å². The van der Waals surface area contributed by atoms with Gasteiger partial charge in [0, 0.05) is 12.1 Å². The molecule has 0 aliphatic heterocycles. The molecule has 0 aromatic heterocycles. The summed E-state index contributed by atoms with van der Waals surface area (Å²) in [6, 6.07) is 14.1. The van der Waals surface area contributed by atoms with Crippen LogP contribution in [0, 0.1) is 17.1 Å². The average Bonchev–Trinajstić information content (AvgIpc) is 2.51. The summed E-state index contributed by atoms with van der Waals surface area (Å²) < 4.78 is 13.5. The van der Waals surface area contributed by atoms with Gasteiger partial charge in [-0.1, -0.05) is 30.3 Å². The van der Waals surface area contributed by atoms with Crippen LogP contribution in [0.1, 0.15) is 11.1 Å². The monoisotopic (exact) mass is 296 g/mol. The summed E-state index contributed by atoms with van der Waals surface area (Å²) in [5.41, 5.74) is 0.741. The quantitative estimate of drug-likeness (QED) is 0.673. The first kappa shape index (κ1) is 15.3. The summed E-state index contributed by atoms with van der Waals surface area (Å²) in [5, 5.41) is 20.9. The van der Waals surface area contributed by atoms with E-state index in [1.54, 1.807) is 36.4 Å². The van der Waals surface area contributed by atoms with Crippen molar-refractivity contribution in [1.29, 1.82) is 5.26 Å². The van der Waals surface area contributed by atoms with E-state index < -0.39 is 11.7 Å². The fraction of sp³-hybridized carbons (Fsp3) is 0.0588. The number of nitrogens with zero attached hydrogens (tertiary/aromatic N) is 1. The van der Waals surface area contributed by atoms with Crippen LogP contribution in [0.3, 0.4) is 0 Å². The van der Waals surface area contributed by atoms with Crippen LogP contribution in [-0.4, -0.2) is 11.0 Å². The van der Waals surface area contributed by atoms with Crippen molar-refractivity contribution in [3.8, 4) is 11.8 Å². The van der Waals surface area contributed by atoms with Gasteiger partial charge in [0.15, 0.2) is 0 Å². The topological polar surface area (TPSA) is 73.1 Å². The van der Waals surface area contributed by atoms with Gasteiger partial charge in [-0.2, -0.15) is 5.26 Å². The number of rotatable bonds is 4. The van der Waals surface area contributed by atoms with Gasteiger partial charge in [-0.05, 0) is 29.8 Å². The zero-order chi connectivity index (χ0) is 15.9. The Morgan fingerprint density at radius 1 is 1.27 bits per heavy atom. The highest BCUT2D eigenvalue weighted by Gasteiger charge is 2.10. The first-order valence-electron chi connectivity index (χ1n) is 6.52. The summed E-state index contributed by atoms with van der Waals surface area (Å²) in [7, 11) is 0. The average molecular weight is 296 g/mol. The van der Waals surface area contributed by atoms with Crippen molar-refractivity contribution in [2.75, 3.05) is 0 Å². The molecule has 0 saturated heterocycles. The summed E-state index contributed by atoms with van der Waals surface area (Å²) in [6.45, 7) is -0.00936.